The summed E-state index contributed by atoms with van der Waals surface area (Å²) < 4.78 is 26.0. The second kappa shape index (κ2) is 7.92. The number of nitrogens with one attached hydrogen (secondary N) is 1. The van der Waals surface area contributed by atoms with Crippen LogP contribution in [0.5, 0.6) is 0 Å². The van der Waals surface area contributed by atoms with Crippen LogP contribution in [0, 0.1) is 11.6 Å². The highest BCUT2D eigenvalue weighted by Gasteiger charge is 2.21. The van der Waals surface area contributed by atoms with E-state index in [4.69, 9.17) is 0 Å². The third-order valence-electron chi connectivity index (χ3n) is 4.19. The van der Waals surface area contributed by atoms with E-state index >= 15 is 0 Å². The Hall–Kier alpha value is -2.70. The van der Waals surface area contributed by atoms with Crippen LogP contribution in [0.3, 0.4) is 0 Å². The Morgan fingerprint density at radius 3 is 2.56 bits per heavy atom. The number of halogens is 2. The molecule has 1 saturated heterocycles. The number of carbonyl (C=O) groups is 1. The van der Waals surface area contributed by atoms with E-state index in [-0.39, 0.29) is 5.91 Å². The van der Waals surface area contributed by atoms with Crippen LogP contribution in [-0.4, -0.2) is 48.5 Å². The largest absolute Gasteiger partial charge is 0.384 e. The lowest BCUT2D eigenvalue weighted by Gasteiger charge is -2.35. The minimum atomic E-state index is -0.901. The Kier molecular flexibility index (Phi) is 5.42. The van der Waals surface area contributed by atoms with Crippen molar-refractivity contribution in [1.29, 1.82) is 0 Å². The first-order valence-corrected chi connectivity index (χ1v) is 8.26. The number of rotatable bonds is 5. The maximum absolute atomic E-state index is 13.1. The van der Waals surface area contributed by atoms with Gasteiger partial charge >= 0.3 is 0 Å². The Morgan fingerprint density at radius 2 is 1.88 bits per heavy atom. The van der Waals surface area contributed by atoms with E-state index in [0.29, 0.717) is 31.7 Å². The molecule has 0 aliphatic carbocycles. The van der Waals surface area contributed by atoms with Crippen molar-refractivity contribution in [2.75, 3.05) is 42.9 Å². The molecule has 1 aromatic carbocycles. The van der Waals surface area contributed by atoms with E-state index in [1.54, 1.807) is 6.20 Å². The van der Waals surface area contributed by atoms with Crippen molar-refractivity contribution in [3.8, 4) is 0 Å². The first-order chi connectivity index (χ1) is 12.1. The van der Waals surface area contributed by atoms with Gasteiger partial charge in [0.25, 0.3) is 0 Å². The van der Waals surface area contributed by atoms with E-state index in [1.165, 1.54) is 6.07 Å². The van der Waals surface area contributed by atoms with E-state index in [2.05, 4.69) is 15.2 Å². The molecule has 25 heavy (non-hydrogen) atoms. The van der Waals surface area contributed by atoms with Crippen LogP contribution in [0.4, 0.5) is 20.3 Å². The highest BCUT2D eigenvalue weighted by Crippen LogP contribution is 2.14. The summed E-state index contributed by atoms with van der Waals surface area (Å²) in [5.41, 5.74) is 0.465. The molecule has 0 radical (unpaired) electrons. The number of piperazine rings is 1. The molecular weight excluding hydrogens is 326 g/mol. The number of hydrogen-bond donors (Lipinski definition) is 1. The van der Waals surface area contributed by atoms with Crippen molar-refractivity contribution < 1.29 is 13.6 Å². The lowest BCUT2D eigenvalue weighted by Crippen LogP contribution is -2.49. The average Bonchev–Trinajstić information content (AvgIpc) is 2.65. The van der Waals surface area contributed by atoms with Crippen LogP contribution < -0.4 is 10.2 Å². The molecule has 2 aromatic rings. The molecule has 1 amide bonds. The van der Waals surface area contributed by atoms with Crippen molar-refractivity contribution in [1.82, 2.24) is 9.88 Å². The van der Waals surface area contributed by atoms with Crippen molar-refractivity contribution >= 4 is 17.4 Å². The van der Waals surface area contributed by atoms with Crippen LogP contribution in [0.15, 0.2) is 42.6 Å². The van der Waals surface area contributed by atoms with Gasteiger partial charge in [-0.2, -0.15) is 0 Å². The summed E-state index contributed by atoms with van der Waals surface area (Å²) in [4.78, 5) is 20.6. The lowest BCUT2D eigenvalue weighted by molar-refractivity contribution is -0.131. The summed E-state index contributed by atoms with van der Waals surface area (Å²) in [6, 6.07) is 9.40. The van der Waals surface area contributed by atoms with E-state index in [9.17, 15) is 13.6 Å². The van der Waals surface area contributed by atoms with Gasteiger partial charge in [0.1, 0.15) is 5.82 Å². The van der Waals surface area contributed by atoms with Gasteiger partial charge in [-0.1, -0.05) is 6.07 Å². The predicted molar refractivity (Wildman–Crippen MR) is 92.5 cm³/mol. The fourth-order valence-electron chi connectivity index (χ4n) is 2.80. The van der Waals surface area contributed by atoms with Gasteiger partial charge in [0, 0.05) is 51.0 Å². The standard InChI is InChI=1S/C18H20F2N4O/c19-15-5-4-14(13-16(15)20)21-8-6-18(25)24-11-9-23(10-12-24)17-3-1-2-7-22-17/h1-5,7,13,21H,6,8-12H2. The summed E-state index contributed by atoms with van der Waals surface area (Å²) in [6.45, 7) is 3.18. The highest BCUT2D eigenvalue weighted by atomic mass is 19.2. The predicted octanol–water partition coefficient (Wildman–Crippen LogP) is 2.51. The van der Waals surface area contributed by atoms with Crippen LogP contribution >= 0.6 is 0 Å². The number of aromatic nitrogens is 1. The topological polar surface area (TPSA) is 48.5 Å². The monoisotopic (exact) mass is 346 g/mol. The maximum Gasteiger partial charge on any atom is 0.224 e. The van der Waals surface area contributed by atoms with Crippen LogP contribution in [0.1, 0.15) is 6.42 Å². The third-order valence-corrected chi connectivity index (χ3v) is 4.19. The summed E-state index contributed by atoms with van der Waals surface area (Å²) in [5.74, 6) is -0.806. The van der Waals surface area contributed by atoms with Gasteiger partial charge in [-0.05, 0) is 30.3 Å². The van der Waals surface area contributed by atoms with Crippen molar-refractivity contribution in [3.63, 3.8) is 0 Å². The molecule has 3 rings (SSSR count). The zero-order chi connectivity index (χ0) is 17.6. The third kappa shape index (κ3) is 4.43. The Morgan fingerprint density at radius 1 is 1.08 bits per heavy atom. The second-order valence-corrected chi connectivity index (χ2v) is 5.86. The number of benzene rings is 1. The average molecular weight is 346 g/mol. The maximum atomic E-state index is 13.1. The van der Waals surface area contributed by atoms with Gasteiger partial charge in [-0.15, -0.1) is 0 Å². The molecular formula is C18H20F2N4O. The molecule has 1 aliphatic heterocycles. The van der Waals surface area contributed by atoms with Crippen molar-refractivity contribution in [2.24, 2.45) is 0 Å². The summed E-state index contributed by atoms with van der Waals surface area (Å²) in [7, 11) is 0. The van der Waals surface area contributed by atoms with E-state index in [1.807, 2.05) is 23.1 Å². The molecule has 0 spiro atoms. The molecule has 1 fully saturated rings. The fourth-order valence-corrected chi connectivity index (χ4v) is 2.80. The fraction of sp³-hybridized carbons (Fsp3) is 0.333. The van der Waals surface area contributed by atoms with Gasteiger partial charge in [0.2, 0.25) is 5.91 Å². The van der Waals surface area contributed by atoms with Crippen molar-refractivity contribution in [2.45, 2.75) is 6.42 Å². The molecule has 5 nitrogen and oxygen atoms in total. The zero-order valence-electron chi connectivity index (χ0n) is 13.8. The lowest BCUT2D eigenvalue weighted by atomic mass is 10.2. The van der Waals surface area contributed by atoms with Gasteiger partial charge in [0.15, 0.2) is 11.6 Å². The van der Waals surface area contributed by atoms with Crippen LogP contribution in [0.2, 0.25) is 0 Å². The van der Waals surface area contributed by atoms with Gasteiger partial charge in [-0.25, -0.2) is 13.8 Å². The minimum absolute atomic E-state index is 0.0516. The first-order valence-electron chi connectivity index (χ1n) is 8.26. The molecule has 2 heterocycles. The molecule has 1 aliphatic rings. The molecule has 0 saturated carbocycles. The van der Waals surface area contributed by atoms with Crippen LogP contribution in [0.25, 0.3) is 0 Å². The molecule has 7 heteroatoms. The van der Waals surface area contributed by atoms with Crippen molar-refractivity contribution in [3.05, 3.63) is 54.2 Å². The molecule has 0 unspecified atom stereocenters. The number of carbonyl (C=O) groups excluding carboxylic acids is 1. The number of nitrogens with zero attached hydrogens (tertiary/aromatic N) is 3. The van der Waals surface area contributed by atoms with Crippen LogP contribution in [-0.2, 0) is 4.79 Å². The minimum Gasteiger partial charge on any atom is -0.384 e. The number of hydrogen-bond acceptors (Lipinski definition) is 4. The van der Waals surface area contributed by atoms with Gasteiger partial charge in [-0.3, -0.25) is 4.79 Å². The van der Waals surface area contributed by atoms with Gasteiger partial charge < -0.3 is 15.1 Å². The highest BCUT2D eigenvalue weighted by molar-refractivity contribution is 5.77. The summed E-state index contributed by atoms with van der Waals surface area (Å²) in [5, 5.41) is 2.94. The normalized spacial score (nSPS) is 14.5. The molecule has 0 bridgehead atoms. The number of pyridine rings is 1. The summed E-state index contributed by atoms with van der Waals surface area (Å²) >= 11 is 0. The summed E-state index contributed by atoms with van der Waals surface area (Å²) in [6.07, 6.45) is 2.07. The Bertz CT molecular complexity index is 718. The Labute approximate surface area is 145 Å². The second-order valence-electron chi connectivity index (χ2n) is 5.86. The smallest absolute Gasteiger partial charge is 0.224 e. The molecule has 1 N–H and O–H groups in total. The van der Waals surface area contributed by atoms with E-state index in [0.717, 1.165) is 31.0 Å². The molecule has 1 aromatic heterocycles. The Balaban J connectivity index is 1.43. The molecule has 132 valence electrons. The van der Waals surface area contributed by atoms with E-state index < -0.39 is 11.6 Å². The van der Waals surface area contributed by atoms with Gasteiger partial charge in [0.05, 0.1) is 0 Å². The molecule has 0 atom stereocenters. The zero-order valence-corrected chi connectivity index (χ0v) is 13.8. The quantitative estimate of drug-likeness (QED) is 0.904. The number of amides is 1. The number of anilines is 2. The first kappa shape index (κ1) is 17.1. The SMILES string of the molecule is O=C(CCNc1ccc(F)c(F)c1)N1CCN(c2ccccn2)CC1.